The molecule has 0 aliphatic carbocycles. The molecule has 0 fully saturated rings. The van der Waals surface area contributed by atoms with Gasteiger partial charge in [0.25, 0.3) is 0 Å². The van der Waals surface area contributed by atoms with Gasteiger partial charge in [-0.3, -0.25) is 0 Å². The van der Waals surface area contributed by atoms with E-state index in [0.29, 0.717) is 15.6 Å². The van der Waals surface area contributed by atoms with E-state index >= 15 is 0 Å². The van der Waals surface area contributed by atoms with Crippen molar-refractivity contribution in [1.29, 1.82) is 0 Å². The number of rotatable bonds is 2. The number of hydrogen-bond donors (Lipinski definition) is 2. The molecule has 1 aromatic carbocycles. The van der Waals surface area contributed by atoms with Crippen molar-refractivity contribution in [1.82, 2.24) is 0 Å². The van der Waals surface area contributed by atoms with Crippen LogP contribution in [0.25, 0.3) is 0 Å². The van der Waals surface area contributed by atoms with Crippen LogP contribution in [0.15, 0.2) is 22.3 Å². The second-order valence-electron chi connectivity index (χ2n) is 2.90. The summed E-state index contributed by atoms with van der Waals surface area (Å²) in [6.07, 6.45) is 1.45. The summed E-state index contributed by atoms with van der Waals surface area (Å²) in [5.41, 5.74) is 11.8. The Labute approximate surface area is 97.6 Å². The molecule has 4 nitrogen and oxygen atoms in total. The number of guanidine groups is 1. The summed E-state index contributed by atoms with van der Waals surface area (Å²) in [5, 5.41) is 8.28. The molecule has 0 amide bonds. The van der Waals surface area contributed by atoms with Gasteiger partial charge < -0.3 is 11.5 Å². The first-order chi connectivity index (χ1) is 7.00. The van der Waals surface area contributed by atoms with Gasteiger partial charge in [-0.05, 0) is 24.6 Å². The minimum absolute atomic E-state index is 0.110. The highest BCUT2D eigenvalue weighted by Gasteiger charge is 2.02. The Morgan fingerprint density at radius 2 is 2.00 bits per heavy atom. The average Bonchev–Trinajstić information content (AvgIpc) is 2.12. The van der Waals surface area contributed by atoms with Crippen LogP contribution in [0.3, 0.4) is 0 Å². The van der Waals surface area contributed by atoms with E-state index < -0.39 is 0 Å². The van der Waals surface area contributed by atoms with Gasteiger partial charge in [0.05, 0.1) is 11.2 Å². The fourth-order valence-corrected chi connectivity index (χ4v) is 1.44. The lowest BCUT2D eigenvalue weighted by Crippen LogP contribution is -2.21. The van der Waals surface area contributed by atoms with E-state index in [2.05, 4.69) is 10.2 Å². The molecule has 0 aromatic heterocycles. The van der Waals surface area contributed by atoms with E-state index in [4.69, 9.17) is 34.7 Å². The highest BCUT2D eigenvalue weighted by atomic mass is 35.5. The largest absolute Gasteiger partial charge is 0.369 e. The van der Waals surface area contributed by atoms with Crippen molar-refractivity contribution >= 4 is 35.4 Å². The van der Waals surface area contributed by atoms with Crippen LogP contribution in [0.2, 0.25) is 10.0 Å². The normalized spacial score (nSPS) is 10.6. The second kappa shape index (κ2) is 5.00. The van der Waals surface area contributed by atoms with Crippen molar-refractivity contribution in [3.8, 4) is 0 Å². The molecule has 15 heavy (non-hydrogen) atoms. The summed E-state index contributed by atoms with van der Waals surface area (Å²) in [4.78, 5) is 0. The summed E-state index contributed by atoms with van der Waals surface area (Å²) in [7, 11) is 0. The van der Waals surface area contributed by atoms with Crippen molar-refractivity contribution in [3.05, 3.63) is 33.3 Å². The minimum Gasteiger partial charge on any atom is -0.369 e. The first-order valence-corrected chi connectivity index (χ1v) is 4.84. The first-order valence-electron chi connectivity index (χ1n) is 4.08. The first kappa shape index (κ1) is 11.8. The zero-order chi connectivity index (χ0) is 11.4. The van der Waals surface area contributed by atoms with E-state index in [9.17, 15) is 0 Å². The standard InChI is InChI=1S/C9H10Cl2N4/c1-5-2-7(10)3-6(8(5)11)4-14-15-9(12)13/h2-4H,1H3,(H4,12,13,15). The van der Waals surface area contributed by atoms with Gasteiger partial charge in [-0.25, -0.2) is 0 Å². The maximum atomic E-state index is 6.02. The van der Waals surface area contributed by atoms with Crippen LogP contribution in [-0.4, -0.2) is 12.2 Å². The SMILES string of the molecule is Cc1cc(Cl)cc(C=NN=C(N)N)c1Cl. The highest BCUT2D eigenvalue weighted by Crippen LogP contribution is 2.23. The topological polar surface area (TPSA) is 76.8 Å². The molecular formula is C9H10Cl2N4. The smallest absolute Gasteiger partial charge is 0.211 e. The molecule has 1 aromatic rings. The summed E-state index contributed by atoms with van der Waals surface area (Å²) < 4.78 is 0. The molecular weight excluding hydrogens is 235 g/mol. The van der Waals surface area contributed by atoms with Crippen molar-refractivity contribution < 1.29 is 0 Å². The summed E-state index contributed by atoms with van der Waals surface area (Å²) >= 11 is 11.9. The molecule has 0 saturated heterocycles. The van der Waals surface area contributed by atoms with Gasteiger partial charge >= 0.3 is 0 Å². The molecule has 6 heteroatoms. The van der Waals surface area contributed by atoms with Crippen LogP contribution >= 0.6 is 23.2 Å². The van der Waals surface area contributed by atoms with Gasteiger partial charge in [-0.15, -0.1) is 5.10 Å². The molecule has 0 bridgehead atoms. The molecule has 1 rings (SSSR count). The van der Waals surface area contributed by atoms with Gasteiger partial charge in [-0.1, -0.05) is 23.2 Å². The Bertz CT molecular complexity index is 422. The number of hydrogen-bond acceptors (Lipinski definition) is 2. The predicted molar refractivity (Wildman–Crippen MR) is 64.6 cm³/mol. The molecule has 4 N–H and O–H groups in total. The van der Waals surface area contributed by atoms with E-state index in [1.54, 1.807) is 12.1 Å². The number of nitrogens with two attached hydrogens (primary N) is 2. The van der Waals surface area contributed by atoms with Crippen molar-refractivity contribution in [2.24, 2.45) is 21.7 Å². The quantitative estimate of drug-likeness (QED) is 0.474. The fourth-order valence-electron chi connectivity index (χ4n) is 1.00. The lowest BCUT2D eigenvalue weighted by molar-refractivity contribution is 1.21. The van der Waals surface area contributed by atoms with Crippen LogP contribution in [0.5, 0.6) is 0 Å². The number of halogens is 2. The number of nitrogens with zero attached hydrogens (tertiary/aromatic N) is 2. The molecule has 0 saturated carbocycles. The number of aryl methyl sites for hydroxylation is 1. The summed E-state index contributed by atoms with van der Waals surface area (Å²) in [6, 6.07) is 3.45. The predicted octanol–water partition coefficient (Wildman–Crippen LogP) is 1.91. The summed E-state index contributed by atoms with van der Waals surface area (Å²) in [5.74, 6) is -0.110. The van der Waals surface area contributed by atoms with E-state index in [1.807, 2.05) is 6.92 Å². The average molecular weight is 245 g/mol. The van der Waals surface area contributed by atoms with Crippen molar-refractivity contribution in [2.45, 2.75) is 6.92 Å². The molecule has 0 spiro atoms. The zero-order valence-electron chi connectivity index (χ0n) is 8.04. The second-order valence-corrected chi connectivity index (χ2v) is 3.71. The minimum atomic E-state index is -0.110. The van der Waals surface area contributed by atoms with Crippen LogP contribution in [0.1, 0.15) is 11.1 Å². The zero-order valence-corrected chi connectivity index (χ0v) is 9.55. The molecule has 0 unspecified atom stereocenters. The fraction of sp³-hybridized carbons (Fsp3) is 0.111. The van der Waals surface area contributed by atoms with E-state index in [1.165, 1.54) is 6.21 Å². The van der Waals surface area contributed by atoms with E-state index in [0.717, 1.165) is 5.56 Å². The van der Waals surface area contributed by atoms with Gasteiger partial charge in [0, 0.05) is 10.6 Å². The Hall–Kier alpha value is -1.26. The molecule has 0 heterocycles. The van der Waals surface area contributed by atoms with Crippen LogP contribution < -0.4 is 11.5 Å². The van der Waals surface area contributed by atoms with Gasteiger partial charge in [-0.2, -0.15) is 5.10 Å². The number of benzene rings is 1. The van der Waals surface area contributed by atoms with Crippen molar-refractivity contribution in [2.75, 3.05) is 0 Å². The molecule has 0 aliphatic heterocycles. The lowest BCUT2D eigenvalue weighted by atomic mass is 10.1. The molecule has 0 aliphatic rings. The Balaban J connectivity index is 3.05. The van der Waals surface area contributed by atoms with Crippen LogP contribution in [-0.2, 0) is 0 Å². The Kier molecular flexibility index (Phi) is 3.94. The van der Waals surface area contributed by atoms with Crippen LogP contribution in [0.4, 0.5) is 0 Å². The maximum Gasteiger partial charge on any atom is 0.211 e. The summed E-state index contributed by atoms with van der Waals surface area (Å²) in [6.45, 7) is 1.85. The third kappa shape index (κ3) is 3.42. The van der Waals surface area contributed by atoms with E-state index in [-0.39, 0.29) is 5.96 Å². The molecule has 0 atom stereocenters. The Morgan fingerprint density at radius 1 is 1.33 bits per heavy atom. The van der Waals surface area contributed by atoms with Crippen molar-refractivity contribution in [3.63, 3.8) is 0 Å². The third-order valence-electron chi connectivity index (χ3n) is 1.62. The molecule has 80 valence electrons. The van der Waals surface area contributed by atoms with Crippen LogP contribution in [0, 0.1) is 6.92 Å². The van der Waals surface area contributed by atoms with Gasteiger partial charge in [0.2, 0.25) is 5.96 Å². The maximum absolute atomic E-state index is 6.02. The highest BCUT2D eigenvalue weighted by molar-refractivity contribution is 6.35. The monoisotopic (exact) mass is 244 g/mol. The Morgan fingerprint density at radius 3 is 2.60 bits per heavy atom. The third-order valence-corrected chi connectivity index (χ3v) is 2.35. The molecule has 0 radical (unpaired) electrons. The van der Waals surface area contributed by atoms with Gasteiger partial charge in [0.1, 0.15) is 0 Å². The van der Waals surface area contributed by atoms with Gasteiger partial charge in [0.15, 0.2) is 0 Å². The lowest BCUT2D eigenvalue weighted by Gasteiger charge is -2.02.